The molecule has 1 aliphatic heterocycles. The van der Waals surface area contributed by atoms with Gasteiger partial charge in [0.25, 0.3) is 0 Å². The normalized spacial score (nSPS) is 13.7. The van der Waals surface area contributed by atoms with E-state index < -0.39 is 0 Å². The maximum absolute atomic E-state index is 13.3. The molecule has 0 radical (unpaired) electrons. The average molecular weight is 227 g/mol. The molecule has 0 bridgehead atoms. The first-order chi connectivity index (χ1) is 8.33. The van der Waals surface area contributed by atoms with Crippen LogP contribution in [0.3, 0.4) is 0 Å². The van der Waals surface area contributed by atoms with Gasteiger partial charge in [0.05, 0.1) is 11.4 Å². The summed E-state index contributed by atoms with van der Waals surface area (Å²) in [5.41, 5.74) is 4.36. The Morgan fingerprint density at radius 2 is 2.24 bits per heavy atom. The van der Waals surface area contributed by atoms with Crippen LogP contribution in [0.4, 0.5) is 4.39 Å². The van der Waals surface area contributed by atoms with Crippen LogP contribution < -0.4 is 0 Å². The predicted octanol–water partition coefficient (Wildman–Crippen LogP) is 2.73. The Bertz CT molecular complexity index is 723. The lowest BCUT2D eigenvalue weighted by Crippen LogP contribution is -2.10. The summed E-state index contributed by atoms with van der Waals surface area (Å²) in [6, 6.07) is 6.88. The molecule has 17 heavy (non-hydrogen) atoms. The van der Waals surface area contributed by atoms with Crippen LogP contribution in [0.2, 0.25) is 0 Å². The highest BCUT2D eigenvalue weighted by molar-refractivity contribution is 5.90. The number of halogens is 1. The first-order valence-corrected chi connectivity index (χ1v) is 5.65. The molecule has 0 unspecified atom stereocenters. The van der Waals surface area contributed by atoms with Crippen LogP contribution in [-0.4, -0.2) is 14.8 Å². The second-order valence-electron chi connectivity index (χ2n) is 4.36. The van der Waals surface area contributed by atoms with E-state index in [-0.39, 0.29) is 5.82 Å². The summed E-state index contributed by atoms with van der Waals surface area (Å²) in [6.07, 6.45) is 2.70. The maximum Gasteiger partial charge on any atom is 0.123 e. The van der Waals surface area contributed by atoms with Gasteiger partial charge >= 0.3 is 0 Å². The molecule has 3 nitrogen and oxygen atoms in total. The summed E-state index contributed by atoms with van der Waals surface area (Å²) >= 11 is 0. The second kappa shape index (κ2) is 2.97. The zero-order chi connectivity index (χ0) is 11.4. The SMILES string of the molecule is Fc1ccc2[nH]c3c(c2c1)CCn1nccc1-3. The van der Waals surface area contributed by atoms with E-state index in [0.717, 1.165) is 35.3 Å². The Kier molecular flexibility index (Phi) is 1.57. The third-order valence-electron chi connectivity index (χ3n) is 3.41. The van der Waals surface area contributed by atoms with Crippen LogP contribution in [-0.2, 0) is 13.0 Å². The molecule has 1 aliphatic rings. The summed E-state index contributed by atoms with van der Waals surface area (Å²) in [5, 5.41) is 5.26. The van der Waals surface area contributed by atoms with Crippen molar-refractivity contribution in [2.45, 2.75) is 13.0 Å². The molecule has 0 aliphatic carbocycles. The molecule has 4 rings (SSSR count). The van der Waals surface area contributed by atoms with Gasteiger partial charge in [0.2, 0.25) is 0 Å². The maximum atomic E-state index is 13.3. The lowest BCUT2D eigenvalue weighted by atomic mass is 10.0. The van der Waals surface area contributed by atoms with Gasteiger partial charge in [0.1, 0.15) is 5.82 Å². The first-order valence-electron chi connectivity index (χ1n) is 5.65. The van der Waals surface area contributed by atoms with Crippen LogP contribution in [0.5, 0.6) is 0 Å². The third-order valence-corrected chi connectivity index (χ3v) is 3.41. The zero-order valence-electron chi connectivity index (χ0n) is 9.07. The summed E-state index contributed by atoms with van der Waals surface area (Å²) < 4.78 is 15.3. The number of hydrogen-bond donors (Lipinski definition) is 1. The van der Waals surface area contributed by atoms with E-state index in [1.165, 1.54) is 11.6 Å². The Hall–Kier alpha value is -2.10. The predicted molar refractivity (Wildman–Crippen MR) is 63.2 cm³/mol. The second-order valence-corrected chi connectivity index (χ2v) is 4.36. The molecule has 4 heteroatoms. The van der Waals surface area contributed by atoms with Gasteiger partial charge in [-0.1, -0.05) is 0 Å². The van der Waals surface area contributed by atoms with Crippen LogP contribution in [0.15, 0.2) is 30.5 Å². The number of H-pyrrole nitrogens is 1. The molecule has 84 valence electrons. The molecule has 0 saturated heterocycles. The standard InChI is InChI=1S/C13H10FN3/c14-8-1-2-11-10(7-8)9-4-6-17-12(3-5-15-17)13(9)16-11/h1-3,5,7,16H,4,6H2. The number of rotatable bonds is 0. The van der Waals surface area contributed by atoms with Crippen LogP contribution >= 0.6 is 0 Å². The van der Waals surface area contributed by atoms with E-state index in [4.69, 9.17) is 0 Å². The highest BCUT2D eigenvalue weighted by Crippen LogP contribution is 2.34. The lowest BCUT2D eigenvalue weighted by molar-refractivity contribution is 0.607. The van der Waals surface area contributed by atoms with Crippen molar-refractivity contribution < 1.29 is 4.39 Å². The number of hydrogen-bond acceptors (Lipinski definition) is 1. The molecule has 2 aromatic heterocycles. The molecular formula is C13H10FN3. The fraction of sp³-hybridized carbons (Fsp3) is 0.154. The van der Waals surface area contributed by atoms with Crippen LogP contribution in [0.1, 0.15) is 5.56 Å². The van der Waals surface area contributed by atoms with Crippen molar-refractivity contribution in [2.75, 3.05) is 0 Å². The number of aromatic nitrogens is 3. The monoisotopic (exact) mass is 227 g/mol. The largest absolute Gasteiger partial charge is 0.353 e. The van der Waals surface area contributed by atoms with Gasteiger partial charge < -0.3 is 4.98 Å². The van der Waals surface area contributed by atoms with Gasteiger partial charge in [-0.3, -0.25) is 4.68 Å². The Morgan fingerprint density at radius 3 is 3.18 bits per heavy atom. The Morgan fingerprint density at radius 1 is 1.29 bits per heavy atom. The molecule has 0 fully saturated rings. The van der Waals surface area contributed by atoms with Gasteiger partial charge in [0.15, 0.2) is 0 Å². The zero-order valence-corrected chi connectivity index (χ0v) is 9.07. The van der Waals surface area contributed by atoms with Gasteiger partial charge in [-0.15, -0.1) is 0 Å². The molecule has 3 heterocycles. The summed E-state index contributed by atoms with van der Waals surface area (Å²) in [7, 11) is 0. The minimum absolute atomic E-state index is 0.182. The Labute approximate surface area is 96.9 Å². The highest BCUT2D eigenvalue weighted by Gasteiger charge is 2.20. The number of benzene rings is 1. The summed E-state index contributed by atoms with van der Waals surface area (Å²) in [5.74, 6) is -0.182. The number of aryl methyl sites for hydroxylation is 2. The summed E-state index contributed by atoms with van der Waals surface area (Å²) in [4.78, 5) is 3.36. The van der Waals surface area contributed by atoms with E-state index in [9.17, 15) is 4.39 Å². The van der Waals surface area contributed by atoms with Gasteiger partial charge in [-0.25, -0.2) is 4.39 Å². The molecular weight excluding hydrogens is 217 g/mol. The van der Waals surface area contributed by atoms with Crippen molar-refractivity contribution in [3.05, 3.63) is 41.8 Å². The van der Waals surface area contributed by atoms with E-state index in [2.05, 4.69) is 10.1 Å². The van der Waals surface area contributed by atoms with Crippen molar-refractivity contribution in [3.8, 4) is 11.4 Å². The van der Waals surface area contributed by atoms with Crippen molar-refractivity contribution in [2.24, 2.45) is 0 Å². The van der Waals surface area contributed by atoms with Gasteiger partial charge in [0, 0.05) is 23.6 Å². The van der Waals surface area contributed by atoms with E-state index >= 15 is 0 Å². The van der Waals surface area contributed by atoms with Crippen LogP contribution in [0.25, 0.3) is 22.3 Å². The van der Waals surface area contributed by atoms with E-state index in [0.29, 0.717) is 0 Å². The lowest BCUT2D eigenvalue weighted by Gasteiger charge is -2.14. The minimum Gasteiger partial charge on any atom is -0.353 e. The molecule has 1 aromatic carbocycles. The number of nitrogens with one attached hydrogen (secondary N) is 1. The number of aromatic amines is 1. The topological polar surface area (TPSA) is 33.6 Å². The minimum atomic E-state index is -0.182. The van der Waals surface area contributed by atoms with Gasteiger partial charge in [-0.2, -0.15) is 5.10 Å². The molecule has 0 saturated carbocycles. The van der Waals surface area contributed by atoms with Gasteiger partial charge in [-0.05, 0) is 36.2 Å². The third kappa shape index (κ3) is 1.12. The summed E-state index contributed by atoms with van der Waals surface area (Å²) in [6.45, 7) is 0.860. The fourth-order valence-electron chi connectivity index (χ4n) is 2.64. The molecule has 0 atom stereocenters. The fourth-order valence-corrected chi connectivity index (χ4v) is 2.64. The molecule has 3 aromatic rings. The Balaban J connectivity index is 2.10. The number of nitrogens with zero attached hydrogens (tertiary/aromatic N) is 2. The highest BCUT2D eigenvalue weighted by atomic mass is 19.1. The smallest absolute Gasteiger partial charge is 0.123 e. The van der Waals surface area contributed by atoms with Crippen molar-refractivity contribution in [1.29, 1.82) is 0 Å². The molecule has 0 spiro atoms. The quantitative estimate of drug-likeness (QED) is 0.629. The van der Waals surface area contributed by atoms with E-state index in [1.54, 1.807) is 18.3 Å². The van der Waals surface area contributed by atoms with E-state index in [1.807, 2.05) is 10.7 Å². The first kappa shape index (κ1) is 8.98. The average Bonchev–Trinajstić information content (AvgIpc) is 2.91. The molecule has 1 N–H and O–H groups in total. The molecule has 0 amide bonds. The van der Waals surface area contributed by atoms with Crippen molar-refractivity contribution in [1.82, 2.24) is 14.8 Å². The van der Waals surface area contributed by atoms with Crippen molar-refractivity contribution >= 4 is 10.9 Å². The van der Waals surface area contributed by atoms with Crippen LogP contribution in [0, 0.1) is 5.82 Å². The number of fused-ring (bicyclic) bond motifs is 5. The van der Waals surface area contributed by atoms with Crippen molar-refractivity contribution in [3.63, 3.8) is 0 Å².